The molecular weight excluding hydrogens is 342 g/mol. The average molecular weight is 376 g/mol. The van der Waals surface area contributed by atoms with Crippen LogP contribution >= 0.6 is 0 Å². The molecule has 5 heteroatoms. The molecule has 0 bridgehead atoms. The first-order chi connectivity index (χ1) is 12.6. The Morgan fingerprint density at radius 3 is 2.63 bits per heavy atom. The van der Waals surface area contributed by atoms with Crippen LogP contribution in [0.2, 0.25) is 0 Å². The van der Waals surface area contributed by atoms with E-state index in [4.69, 9.17) is 14.2 Å². The van der Waals surface area contributed by atoms with Crippen molar-refractivity contribution in [1.82, 2.24) is 4.90 Å². The number of hydrogen-bond donors (Lipinski definition) is 0. The van der Waals surface area contributed by atoms with Crippen LogP contribution in [0.25, 0.3) is 0 Å². The van der Waals surface area contributed by atoms with Gasteiger partial charge in [-0.25, -0.2) is 4.79 Å². The molecule has 27 heavy (non-hydrogen) atoms. The lowest BCUT2D eigenvalue weighted by molar-refractivity contribution is -0.0610. The van der Waals surface area contributed by atoms with Gasteiger partial charge in [0.1, 0.15) is 11.3 Å². The Balaban J connectivity index is 1.90. The van der Waals surface area contributed by atoms with E-state index in [-0.39, 0.29) is 18.1 Å². The molecule has 0 N–H and O–H groups in total. The normalized spacial score (nSPS) is 20.8. The minimum Gasteiger partial charge on any atom is -0.444 e. The first-order valence-corrected chi connectivity index (χ1v) is 9.55. The van der Waals surface area contributed by atoms with Crippen LogP contribution in [0.1, 0.15) is 47.1 Å². The van der Waals surface area contributed by atoms with Crippen LogP contribution in [0, 0.1) is 5.92 Å². The second-order valence-electron chi connectivity index (χ2n) is 8.54. The lowest BCUT2D eigenvalue weighted by Crippen LogP contribution is -2.49. The van der Waals surface area contributed by atoms with Crippen molar-refractivity contribution >= 4 is 6.09 Å². The van der Waals surface area contributed by atoms with Gasteiger partial charge < -0.3 is 14.2 Å². The van der Waals surface area contributed by atoms with Crippen molar-refractivity contribution < 1.29 is 19.0 Å². The molecule has 5 nitrogen and oxygen atoms in total. The van der Waals surface area contributed by atoms with Gasteiger partial charge >= 0.3 is 6.09 Å². The molecule has 0 spiro atoms. The zero-order valence-corrected chi connectivity index (χ0v) is 17.4. The molecule has 1 aromatic carbocycles. The molecule has 2 atom stereocenters. The fourth-order valence-corrected chi connectivity index (χ4v) is 2.95. The van der Waals surface area contributed by atoms with Gasteiger partial charge in [-0.15, -0.1) is 0 Å². The number of ether oxygens (including phenoxy) is 3. The molecule has 2 rings (SSSR count). The summed E-state index contributed by atoms with van der Waals surface area (Å²) < 4.78 is 17.2. The summed E-state index contributed by atoms with van der Waals surface area (Å²) in [7, 11) is 0. The smallest absolute Gasteiger partial charge is 0.413 e. The van der Waals surface area contributed by atoms with Crippen LogP contribution in [0.4, 0.5) is 4.79 Å². The number of rotatable bonds is 6. The largest absolute Gasteiger partial charge is 0.444 e. The Labute approximate surface area is 163 Å². The summed E-state index contributed by atoms with van der Waals surface area (Å²) in [5, 5.41) is 0. The maximum atomic E-state index is 12.6. The van der Waals surface area contributed by atoms with Crippen LogP contribution < -0.4 is 0 Å². The van der Waals surface area contributed by atoms with E-state index in [2.05, 4.69) is 25.1 Å². The van der Waals surface area contributed by atoms with E-state index in [0.717, 1.165) is 5.56 Å². The maximum absolute atomic E-state index is 12.6. The zero-order chi connectivity index (χ0) is 20.1. The van der Waals surface area contributed by atoms with E-state index in [0.29, 0.717) is 19.8 Å². The van der Waals surface area contributed by atoms with Gasteiger partial charge in [-0.2, -0.15) is 0 Å². The number of carbonyl (C=O) groups excluding carboxylic acids is 1. The Kier molecular flexibility index (Phi) is 7.06. The molecule has 0 unspecified atom stereocenters. The summed E-state index contributed by atoms with van der Waals surface area (Å²) in [6.45, 7) is 13.1. The van der Waals surface area contributed by atoms with Crippen molar-refractivity contribution in [3.05, 3.63) is 48.0 Å². The summed E-state index contributed by atoms with van der Waals surface area (Å²) in [4.78, 5) is 14.3. The highest BCUT2D eigenvalue weighted by Gasteiger charge is 2.44. The van der Waals surface area contributed by atoms with Gasteiger partial charge in [-0.05, 0) is 46.1 Å². The summed E-state index contributed by atoms with van der Waals surface area (Å²) in [5.41, 5.74) is -0.0665. The van der Waals surface area contributed by atoms with Gasteiger partial charge in [0.2, 0.25) is 0 Å². The molecule has 1 heterocycles. The third-order valence-electron chi connectivity index (χ3n) is 4.26. The van der Waals surface area contributed by atoms with Gasteiger partial charge in [0.25, 0.3) is 0 Å². The van der Waals surface area contributed by atoms with E-state index in [9.17, 15) is 4.79 Å². The highest BCUT2D eigenvalue weighted by molar-refractivity contribution is 5.70. The number of nitrogens with zero attached hydrogens (tertiary/aromatic N) is 1. The van der Waals surface area contributed by atoms with Crippen LogP contribution in [0.3, 0.4) is 0 Å². The number of carbonyl (C=O) groups is 1. The van der Waals surface area contributed by atoms with Gasteiger partial charge in [-0.1, -0.05) is 49.4 Å². The van der Waals surface area contributed by atoms with E-state index >= 15 is 0 Å². The predicted molar refractivity (Wildman–Crippen MR) is 106 cm³/mol. The maximum Gasteiger partial charge on any atom is 0.413 e. The fourth-order valence-electron chi connectivity index (χ4n) is 2.95. The molecule has 1 amide bonds. The highest BCUT2D eigenvalue weighted by atomic mass is 16.6. The third-order valence-corrected chi connectivity index (χ3v) is 4.26. The minimum atomic E-state index is -0.690. The van der Waals surface area contributed by atoms with Crippen molar-refractivity contribution in [2.75, 3.05) is 13.2 Å². The molecule has 1 aliphatic heterocycles. The lowest BCUT2D eigenvalue weighted by atomic mass is 10.1. The summed E-state index contributed by atoms with van der Waals surface area (Å²) in [5.74, 6) is 0.234. The Hall–Kier alpha value is -1.85. The van der Waals surface area contributed by atoms with E-state index < -0.39 is 11.3 Å². The second-order valence-corrected chi connectivity index (χ2v) is 8.54. The van der Waals surface area contributed by atoms with Crippen molar-refractivity contribution in [3.63, 3.8) is 0 Å². The minimum absolute atomic E-state index is 0.147. The lowest BCUT2D eigenvalue weighted by Gasteiger charge is -2.34. The quantitative estimate of drug-likeness (QED) is 0.672. The predicted octanol–water partition coefficient (Wildman–Crippen LogP) is 4.77. The molecule has 150 valence electrons. The number of benzene rings is 1. The number of hydrogen-bond acceptors (Lipinski definition) is 4. The molecule has 1 saturated heterocycles. The second kappa shape index (κ2) is 8.89. The van der Waals surface area contributed by atoms with E-state index in [1.807, 2.05) is 58.9 Å². The molecule has 0 saturated carbocycles. The van der Waals surface area contributed by atoms with E-state index in [1.165, 1.54) is 0 Å². The molecule has 0 radical (unpaired) electrons. The molecule has 0 aliphatic carbocycles. The van der Waals surface area contributed by atoms with Crippen molar-refractivity contribution in [2.24, 2.45) is 5.92 Å². The van der Waals surface area contributed by atoms with Crippen LogP contribution in [0.15, 0.2) is 42.5 Å². The zero-order valence-electron chi connectivity index (χ0n) is 17.4. The Morgan fingerprint density at radius 2 is 2.00 bits per heavy atom. The van der Waals surface area contributed by atoms with E-state index in [1.54, 1.807) is 4.90 Å². The number of amides is 1. The van der Waals surface area contributed by atoms with Crippen LogP contribution in [-0.2, 0) is 20.8 Å². The highest BCUT2D eigenvalue weighted by Crippen LogP contribution is 2.30. The SMILES string of the molecule is C[C@H](/C=C/[C@@H]1COC(C)(C)N1C(=O)OC(C)(C)C)COCc1ccccc1. The first-order valence-electron chi connectivity index (χ1n) is 9.55. The van der Waals surface area contributed by atoms with Crippen molar-refractivity contribution in [1.29, 1.82) is 0 Å². The Bertz CT molecular complexity index is 633. The Morgan fingerprint density at radius 1 is 1.33 bits per heavy atom. The average Bonchev–Trinajstić information content (AvgIpc) is 2.87. The first kappa shape index (κ1) is 21.5. The topological polar surface area (TPSA) is 48.0 Å². The van der Waals surface area contributed by atoms with Gasteiger partial charge in [0.05, 0.1) is 25.9 Å². The molecule has 0 aromatic heterocycles. The summed E-state index contributed by atoms with van der Waals surface area (Å²) >= 11 is 0. The fraction of sp³-hybridized carbons (Fsp3) is 0.591. The van der Waals surface area contributed by atoms with Gasteiger partial charge in [0.15, 0.2) is 0 Å². The summed E-state index contributed by atoms with van der Waals surface area (Å²) in [6.07, 6.45) is 3.75. The standard InChI is InChI=1S/C22H33NO4/c1-17(14-25-15-18-10-8-7-9-11-18)12-13-19-16-26-22(5,6)23(19)20(24)27-21(2,3)4/h7-13,17,19H,14-16H2,1-6H3/b13-12+/t17-,19-/m1/s1. The van der Waals surface area contributed by atoms with Gasteiger partial charge in [-0.3, -0.25) is 4.90 Å². The van der Waals surface area contributed by atoms with Gasteiger partial charge in [0, 0.05) is 0 Å². The van der Waals surface area contributed by atoms with Crippen LogP contribution in [0.5, 0.6) is 0 Å². The molecular formula is C22H33NO4. The van der Waals surface area contributed by atoms with Crippen molar-refractivity contribution in [2.45, 2.75) is 65.5 Å². The monoisotopic (exact) mass is 375 g/mol. The van der Waals surface area contributed by atoms with Crippen molar-refractivity contribution in [3.8, 4) is 0 Å². The van der Waals surface area contributed by atoms with Crippen LogP contribution in [-0.4, -0.2) is 41.6 Å². The molecule has 1 aliphatic rings. The summed E-state index contributed by atoms with van der Waals surface area (Å²) in [6, 6.07) is 9.97. The molecule has 1 aromatic rings. The third kappa shape index (κ3) is 6.67. The molecule has 1 fully saturated rings.